The number of nitrogens with two attached hydrogens (primary N) is 1. The molecule has 1 aromatic carbocycles. The topological polar surface area (TPSA) is 123 Å². The van der Waals surface area contributed by atoms with Gasteiger partial charge in [0.2, 0.25) is 10.0 Å². The van der Waals surface area contributed by atoms with Gasteiger partial charge in [-0.3, -0.25) is 4.99 Å². The molecule has 27 heavy (non-hydrogen) atoms. The van der Waals surface area contributed by atoms with Crippen molar-refractivity contribution in [3.63, 3.8) is 0 Å². The molecule has 0 saturated carbocycles. The molecule has 0 saturated heterocycles. The first-order chi connectivity index (χ1) is 12.9. The molecule has 8 nitrogen and oxygen atoms in total. The lowest BCUT2D eigenvalue weighted by Crippen LogP contribution is -2.36. The maximum Gasteiger partial charge on any atom is 0.238 e. The minimum atomic E-state index is -3.72. The number of hydrogen-bond donors (Lipinski definition) is 3. The van der Waals surface area contributed by atoms with Crippen molar-refractivity contribution in [2.45, 2.75) is 50.6 Å². The summed E-state index contributed by atoms with van der Waals surface area (Å²) in [5.74, 6) is 1.71. The van der Waals surface area contributed by atoms with E-state index in [1.807, 2.05) is 12.1 Å². The smallest absolute Gasteiger partial charge is 0.238 e. The lowest BCUT2D eigenvalue weighted by atomic mass is 9.99. The van der Waals surface area contributed by atoms with Crippen LogP contribution in [0.15, 0.2) is 44.7 Å². The van der Waals surface area contributed by atoms with E-state index in [1.165, 1.54) is 12.1 Å². The monoisotopic (exact) mass is 393 g/mol. The Hall–Kier alpha value is -2.39. The Bertz CT molecular complexity index is 873. The van der Waals surface area contributed by atoms with E-state index >= 15 is 0 Å². The summed E-state index contributed by atoms with van der Waals surface area (Å²) in [4.78, 5) is 4.24. The number of hydrogen-bond acceptors (Lipinski definition) is 5. The van der Waals surface area contributed by atoms with Gasteiger partial charge in [0, 0.05) is 25.6 Å². The standard InChI is InChI=1S/C18H27N5O3S/c1-4-14(5-2)17-10-15(26-23-17)12-22-18(20-3)21-11-13-7-6-8-16(9-13)27(19,24)25/h6-10,14H,4-5,11-12H2,1-3H3,(H2,19,24,25)(H2,20,21,22). The van der Waals surface area contributed by atoms with Gasteiger partial charge in [-0.2, -0.15) is 0 Å². The summed E-state index contributed by atoms with van der Waals surface area (Å²) in [7, 11) is -2.06. The second-order valence-corrected chi connectivity index (χ2v) is 7.76. The quantitative estimate of drug-likeness (QED) is 0.466. The summed E-state index contributed by atoms with van der Waals surface area (Å²) in [5.41, 5.74) is 1.75. The SMILES string of the molecule is CCC(CC)c1cc(CNC(=NC)NCc2cccc(S(N)(=O)=O)c2)on1. The summed E-state index contributed by atoms with van der Waals surface area (Å²) in [6.45, 7) is 5.12. The van der Waals surface area contributed by atoms with E-state index in [0.717, 1.165) is 29.9 Å². The van der Waals surface area contributed by atoms with Crippen LogP contribution in [0.4, 0.5) is 0 Å². The normalized spacial score (nSPS) is 12.4. The van der Waals surface area contributed by atoms with Crippen LogP contribution < -0.4 is 15.8 Å². The van der Waals surface area contributed by atoms with Gasteiger partial charge in [0.25, 0.3) is 0 Å². The fraction of sp³-hybridized carbons (Fsp3) is 0.444. The zero-order chi connectivity index (χ0) is 19.9. The average molecular weight is 394 g/mol. The van der Waals surface area contributed by atoms with Gasteiger partial charge in [0.05, 0.1) is 17.1 Å². The molecule has 0 fully saturated rings. The summed E-state index contributed by atoms with van der Waals surface area (Å²) in [6.07, 6.45) is 2.05. The number of nitrogens with zero attached hydrogens (tertiary/aromatic N) is 2. The Morgan fingerprint density at radius 2 is 1.93 bits per heavy atom. The van der Waals surface area contributed by atoms with Crippen molar-refractivity contribution < 1.29 is 12.9 Å². The highest BCUT2D eigenvalue weighted by Gasteiger charge is 2.13. The first kappa shape index (κ1) is 20.9. The first-order valence-corrected chi connectivity index (χ1v) is 10.4. The minimum absolute atomic E-state index is 0.0836. The van der Waals surface area contributed by atoms with Gasteiger partial charge in [-0.05, 0) is 30.5 Å². The molecule has 0 unspecified atom stereocenters. The maximum absolute atomic E-state index is 11.4. The average Bonchev–Trinajstić information content (AvgIpc) is 3.11. The highest BCUT2D eigenvalue weighted by Crippen LogP contribution is 2.22. The van der Waals surface area contributed by atoms with E-state index in [1.54, 1.807) is 13.1 Å². The van der Waals surface area contributed by atoms with E-state index in [9.17, 15) is 8.42 Å². The van der Waals surface area contributed by atoms with Crippen molar-refractivity contribution in [3.8, 4) is 0 Å². The number of aromatic nitrogens is 1. The summed E-state index contributed by atoms with van der Waals surface area (Å²) >= 11 is 0. The van der Waals surface area contributed by atoms with Crippen LogP contribution in [-0.4, -0.2) is 26.6 Å². The van der Waals surface area contributed by atoms with Gasteiger partial charge in [-0.15, -0.1) is 0 Å². The van der Waals surface area contributed by atoms with E-state index in [0.29, 0.717) is 25.0 Å². The molecule has 0 aliphatic rings. The molecule has 0 atom stereocenters. The molecule has 148 valence electrons. The van der Waals surface area contributed by atoms with Crippen molar-refractivity contribution in [3.05, 3.63) is 47.3 Å². The van der Waals surface area contributed by atoms with Gasteiger partial charge in [0.1, 0.15) is 0 Å². The van der Waals surface area contributed by atoms with Crippen molar-refractivity contribution in [1.29, 1.82) is 0 Å². The molecule has 2 aromatic rings. The third-order valence-corrected chi connectivity index (χ3v) is 5.23. The van der Waals surface area contributed by atoms with Crippen LogP contribution in [0.3, 0.4) is 0 Å². The molecule has 1 heterocycles. The molecule has 0 aliphatic carbocycles. The number of nitrogens with one attached hydrogen (secondary N) is 2. The Balaban J connectivity index is 1.92. The second kappa shape index (κ2) is 9.52. The van der Waals surface area contributed by atoms with Crippen LogP contribution in [0.2, 0.25) is 0 Å². The largest absolute Gasteiger partial charge is 0.359 e. The third kappa shape index (κ3) is 6.07. The van der Waals surface area contributed by atoms with Gasteiger partial charge in [0.15, 0.2) is 11.7 Å². The first-order valence-electron chi connectivity index (χ1n) is 8.89. The summed E-state index contributed by atoms with van der Waals surface area (Å²) in [5, 5.41) is 15.6. The van der Waals surface area contributed by atoms with Gasteiger partial charge in [-0.1, -0.05) is 31.1 Å². The predicted molar refractivity (Wildman–Crippen MR) is 105 cm³/mol. The zero-order valence-electron chi connectivity index (χ0n) is 15.9. The van der Waals surface area contributed by atoms with E-state index in [2.05, 4.69) is 34.6 Å². The van der Waals surface area contributed by atoms with Crippen molar-refractivity contribution in [2.75, 3.05) is 7.05 Å². The van der Waals surface area contributed by atoms with Gasteiger partial charge >= 0.3 is 0 Å². The minimum Gasteiger partial charge on any atom is -0.359 e. The van der Waals surface area contributed by atoms with Crippen LogP contribution in [0.5, 0.6) is 0 Å². The van der Waals surface area contributed by atoms with Crippen molar-refractivity contribution in [1.82, 2.24) is 15.8 Å². The molecule has 0 radical (unpaired) electrons. The molecule has 0 spiro atoms. The van der Waals surface area contributed by atoms with Crippen LogP contribution in [0.25, 0.3) is 0 Å². The van der Waals surface area contributed by atoms with Gasteiger partial charge in [-0.25, -0.2) is 13.6 Å². The van der Waals surface area contributed by atoms with Crippen LogP contribution >= 0.6 is 0 Å². The van der Waals surface area contributed by atoms with Crippen LogP contribution in [-0.2, 0) is 23.1 Å². The fourth-order valence-corrected chi connectivity index (χ4v) is 3.31. The molecule has 0 bridgehead atoms. The van der Waals surface area contributed by atoms with Crippen LogP contribution in [0, 0.1) is 0 Å². The molecule has 4 N–H and O–H groups in total. The highest BCUT2D eigenvalue weighted by molar-refractivity contribution is 7.89. The Morgan fingerprint density at radius 3 is 2.56 bits per heavy atom. The maximum atomic E-state index is 11.4. The van der Waals surface area contributed by atoms with Gasteiger partial charge < -0.3 is 15.2 Å². The highest BCUT2D eigenvalue weighted by atomic mass is 32.2. The number of primary sulfonamides is 1. The Kier molecular flexibility index (Phi) is 7.37. The number of benzene rings is 1. The molecular formula is C18H27N5O3S. The lowest BCUT2D eigenvalue weighted by Gasteiger charge is -2.11. The molecule has 2 rings (SSSR count). The third-order valence-electron chi connectivity index (χ3n) is 4.32. The molecule has 0 amide bonds. The zero-order valence-corrected chi connectivity index (χ0v) is 16.7. The molecule has 0 aliphatic heterocycles. The van der Waals surface area contributed by atoms with Crippen LogP contribution in [0.1, 0.15) is 49.6 Å². The summed E-state index contributed by atoms with van der Waals surface area (Å²) in [6, 6.07) is 8.43. The Morgan fingerprint density at radius 1 is 1.22 bits per heavy atom. The molecule has 1 aromatic heterocycles. The number of rotatable bonds is 8. The number of aliphatic imine (C=N–C) groups is 1. The van der Waals surface area contributed by atoms with Crippen molar-refractivity contribution in [2.24, 2.45) is 10.1 Å². The number of sulfonamides is 1. The van der Waals surface area contributed by atoms with E-state index in [-0.39, 0.29) is 4.90 Å². The van der Waals surface area contributed by atoms with Crippen molar-refractivity contribution >= 4 is 16.0 Å². The number of guanidine groups is 1. The Labute approximate surface area is 160 Å². The lowest BCUT2D eigenvalue weighted by molar-refractivity contribution is 0.368. The second-order valence-electron chi connectivity index (χ2n) is 6.20. The van der Waals surface area contributed by atoms with E-state index in [4.69, 9.17) is 9.66 Å². The molecule has 9 heteroatoms. The summed E-state index contributed by atoms with van der Waals surface area (Å²) < 4.78 is 28.3. The predicted octanol–water partition coefficient (Wildman–Crippen LogP) is 2.09. The fourth-order valence-electron chi connectivity index (χ4n) is 2.72. The molecular weight excluding hydrogens is 366 g/mol. The van der Waals surface area contributed by atoms with E-state index < -0.39 is 10.0 Å².